The molecule has 0 spiro atoms. The predicted molar refractivity (Wildman–Crippen MR) is 94.8 cm³/mol. The Bertz CT molecular complexity index is 463. The lowest BCUT2D eigenvalue weighted by Gasteiger charge is -2.29. The predicted octanol–water partition coefficient (Wildman–Crippen LogP) is 1.89. The molecule has 2 heterocycles. The van der Waals surface area contributed by atoms with E-state index in [9.17, 15) is 0 Å². The molecule has 0 radical (unpaired) electrons. The first-order valence-electron chi connectivity index (χ1n) is 8.21. The molecule has 1 aromatic heterocycles. The van der Waals surface area contributed by atoms with Crippen LogP contribution in [0.1, 0.15) is 29.1 Å². The summed E-state index contributed by atoms with van der Waals surface area (Å²) >= 11 is 1.77. The molecule has 0 saturated carbocycles. The second-order valence-electron chi connectivity index (χ2n) is 6.08. The van der Waals surface area contributed by atoms with E-state index in [0.717, 1.165) is 31.4 Å². The van der Waals surface area contributed by atoms with Crippen LogP contribution in [0, 0.1) is 12.8 Å². The van der Waals surface area contributed by atoms with Crippen molar-refractivity contribution in [3.05, 3.63) is 16.1 Å². The number of hydrogen-bond acceptors (Lipinski definition) is 4. The van der Waals surface area contributed by atoms with E-state index in [1.807, 2.05) is 13.2 Å². The fourth-order valence-corrected chi connectivity index (χ4v) is 3.56. The van der Waals surface area contributed by atoms with Crippen molar-refractivity contribution in [2.75, 3.05) is 40.3 Å². The van der Waals surface area contributed by atoms with Crippen molar-refractivity contribution < 1.29 is 0 Å². The van der Waals surface area contributed by atoms with Crippen LogP contribution in [0.4, 0.5) is 0 Å². The minimum Gasteiger partial charge on any atom is -0.356 e. The molecule has 5 nitrogen and oxygen atoms in total. The van der Waals surface area contributed by atoms with Crippen molar-refractivity contribution in [3.8, 4) is 0 Å². The molecular formula is C16H29N5S. The number of hydrogen-bond donors (Lipinski definition) is 2. The number of aryl methyl sites for hydroxylation is 1. The molecule has 22 heavy (non-hydrogen) atoms. The zero-order chi connectivity index (χ0) is 15.8. The van der Waals surface area contributed by atoms with Crippen molar-refractivity contribution in [1.82, 2.24) is 20.5 Å². The zero-order valence-electron chi connectivity index (χ0n) is 14.1. The molecule has 1 aliphatic rings. The van der Waals surface area contributed by atoms with Crippen LogP contribution in [0.15, 0.2) is 11.2 Å². The molecule has 0 aromatic carbocycles. The molecule has 1 aliphatic heterocycles. The molecular weight excluding hydrogens is 294 g/mol. The molecule has 1 fully saturated rings. The van der Waals surface area contributed by atoms with Gasteiger partial charge in [-0.05, 0) is 52.2 Å². The summed E-state index contributed by atoms with van der Waals surface area (Å²) in [7, 11) is 4.04. The maximum atomic E-state index is 4.38. The lowest BCUT2D eigenvalue weighted by Crippen LogP contribution is -2.39. The quantitative estimate of drug-likeness (QED) is 0.620. The minimum atomic E-state index is 0.861. The Labute approximate surface area is 138 Å². The molecule has 124 valence electrons. The van der Waals surface area contributed by atoms with Gasteiger partial charge in [0.15, 0.2) is 5.96 Å². The van der Waals surface area contributed by atoms with Crippen molar-refractivity contribution >= 4 is 17.3 Å². The number of nitrogens with zero attached hydrogens (tertiary/aromatic N) is 3. The Morgan fingerprint density at radius 2 is 2.09 bits per heavy atom. The highest BCUT2D eigenvalue weighted by Crippen LogP contribution is 2.18. The summed E-state index contributed by atoms with van der Waals surface area (Å²) in [6.45, 7) is 6.46. The van der Waals surface area contributed by atoms with E-state index in [-0.39, 0.29) is 0 Å². The van der Waals surface area contributed by atoms with E-state index in [1.54, 1.807) is 11.3 Å². The number of piperidine rings is 1. The summed E-state index contributed by atoms with van der Waals surface area (Å²) in [6, 6.07) is 0. The Kier molecular flexibility index (Phi) is 7.12. The standard InChI is InChI=1S/C16H29N5S/c1-13-12-20-15(22-13)5-9-19-16(17-2)18-8-4-14-6-10-21(3)11-7-14/h12,14H,4-11H2,1-3H3,(H2,17,18,19). The summed E-state index contributed by atoms with van der Waals surface area (Å²) < 4.78 is 0. The number of aromatic nitrogens is 1. The highest BCUT2D eigenvalue weighted by molar-refractivity contribution is 7.11. The van der Waals surface area contributed by atoms with Gasteiger partial charge in [-0.3, -0.25) is 4.99 Å². The highest BCUT2D eigenvalue weighted by Gasteiger charge is 2.16. The lowest BCUT2D eigenvalue weighted by atomic mass is 9.94. The molecule has 6 heteroatoms. The van der Waals surface area contributed by atoms with Gasteiger partial charge in [-0.15, -0.1) is 11.3 Å². The van der Waals surface area contributed by atoms with Gasteiger partial charge in [0.05, 0.1) is 5.01 Å². The van der Waals surface area contributed by atoms with Gasteiger partial charge in [-0.1, -0.05) is 0 Å². The van der Waals surface area contributed by atoms with Crippen molar-refractivity contribution in [3.63, 3.8) is 0 Å². The molecule has 1 saturated heterocycles. The van der Waals surface area contributed by atoms with E-state index in [0.29, 0.717) is 0 Å². The molecule has 0 unspecified atom stereocenters. The topological polar surface area (TPSA) is 52.6 Å². The average molecular weight is 324 g/mol. The summed E-state index contributed by atoms with van der Waals surface area (Å²) in [5.74, 6) is 1.77. The van der Waals surface area contributed by atoms with Gasteiger partial charge >= 0.3 is 0 Å². The fourth-order valence-electron chi connectivity index (χ4n) is 2.77. The number of aliphatic imine (C=N–C) groups is 1. The van der Waals surface area contributed by atoms with Crippen LogP contribution in [-0.4, -0.2) is 56.1 Å². The van der Waals surface area contributed by atoms with Gasteiger partial charge in [0, 0.05) is 37.6 Å². The van der Waals surface area contributed by atoms with Crippen LogP contribution in [-0.2, 0) is 6.42 Å². The Morgan fingerprint density at radius 3 is 2.73 bits per heavy atom. The largest absolute Gasteiger partial charge is 0.356 e. The van der Waals surface area contributed by atoms with Crippen LogP contribution < -0.4 is 10.6 Å². The van der Waals surface area contributed by atoms with E-state index in [4.69, 9.17) is 0 Å². The highest BCUT2D eigenvalue weighted by atomic mass is 32.1. The van der Waals surface area contributed by atoms with Gasteiger partial charge in [0.25, 0.3) is 0 Å². The zero-order valence-corrected chi connectivity index (χ0v) is 14.9. The van der Waals surface area contributed by atoms with Crippen LogP contribution in [0.2, 0.25) is 0 Å². The summed E-state index contributed by atoms with van der Waals surface area (Å²) in [6.07, 6.45) is 6.78. The second kappa shape index (κ2) is 9.10. The molecule has 0 aliphatic carbocycles. The summed E-state index contributed by atoms with van der Waals surface area (Å²) in [5, 5.41) is 7.98. The first kappa shape index (κ1) is 17.2. The molecule has 0 bridgehead atoms. The summed E-state index contributed by atoms with van der Waals surface area (Å²) in [4.78, 5) is 12.4. The number of nitrogens with one attached hydrogen (secondary N) is 2. The van der Waals surface area contributed by atoms with E-state index >= 15 is 0 Å². The number of guanidine groups is 1. The average Bonchev–Trinajstić information content (AvgIpc) is 2.93. The number of rotatable bonds is 6. The van der Waals surface area contributed by atoms with Crippen molar-refractivity contribution in [1.29, 1.82) is 0 Å². The smallest absolute Gasteiger partial charge is 0.190 e. The fraction of sp³-hybridized carbons (Fsp3) is 0.750. The maximum Gasteiger partial charge on any atom is 0.190 e. The van der Waals surface area contributed by atoms with Gasteiger partial charge < -0.3 is 15.5 Å². The van der Waals surface area contributed by atoms with Crippen LogP contribution in [0.5, 0.6) is 0 Å². The van der Waals surface area contributed by atoms with Gasteiger partial charge in [0.2, 0.25) is 0 Å². The minimum absolute atomic E-state index is 0.861. The van der Waals surface area contributed by atoms with Crippen LogP contribution in [0.25, 0.3) is 0 Å². The van der Waals surface area contributed by atoms with Gasteiger partial charge in [-0.25, -0.2) is 4.98 Å². The molecule has 1 aromatic rings. The third-order valence-electron chi connectivity index (χ3n) is 4.21. The van der Waals surface area contributed by atoms with Crippen molar-refractivity contribution in [2.45, 2.75) is 32.6 Å². The van der Waals surface area contributed by atoms with Crippen LogP contribution >= 0.6 is 11.3 Å². The Balaban J connectivity index is 1.59. The van der Waals surface area contributed by atoms with Crippen molar-refractivity contribution in [2.24, 2.45) is 10.9 Å². The van der Waals surface area contributed by atoms with E-state index in [2.05, 4.69) is 39.5 Å². The number of likely N-dealkylation sites (tertiary alicyclic amines) is 1. The first-order valence-corrected chi connectivity index (χ1v) is 9.03. The Morgan fingerprint density at radius 1 is 1.36 bits per heavy atom. The normalized spacial score (nSPS) is 17.7. The van der Waals surface area contributed by atoms with Gasteiger partial charge in [-0.2, -0.15) is 0 Å². The van der Waals surface area contributed by atoms with Gasteiger partial charge in [0.1, 0.15) is 0 Å². The van der Waals surface area contributed by atoms with E-state index in [1.165, 1.54) is 42.2 Å². The van der Waals surface area contributed by atoms with E-state index < -0.39 is 0 Å². The monoisotopic (exact) mass is 323 g/mol. The molecule has 2 rings (SSSR count). The molecule has 2 N–H and O–H groups in total. The molecule has 0 amide bonds. The first-order chi connectivity index (χ1) is 10.7. The van der Waals surface area contributed by atoms with Crippen LogP contribution in [0.3, 0.4) is 0 Å². The Hall–Kier alpha value is -1.14. The SMILES string of the molecule is CN=C(NCCc1ncc(C)s1)NCCC1CCN(C)CC1. The lowest BCUT2D eigenvalue weighted by molar-refractivity contribution is 0.213. The second-order valence-corrected chi connectivity index (χ2v) is 7.40. The number of thiazole rings is 1. The summed E-state index contributed by atoms with van der Waals surface area (Å²) in [5.41, 5.74) is 0. The maximum absolute atomic E-state index is 4.38. The third kappa shape index (κ3) is 5.93. The molecule has 0 atom stereocenters. The third-order valence-corrected chi connectivity index (χ3v) is 5.18.